The van der Waals surface area contributed by atoms with Crippen LogP contribution in [0.5, 0.6) is 0 Å². The lowest BCUT2D eigenvalue weighted by Gasteiger charge is -2.20. The topological polar surface area (TPSA) is 75.8 Å². The zero-order chi connectivity index (χ0) is 11.3. The van der Waals surface area contributed by atoms with Crippen molar-refractivity contribution in [2.24, 2.45) is 5.73 Å². The molecule has 0 saturated carbocycles. The van der Waals surface area contributed by atoms with Gasteiger partial charge in [0.1, 0.15) is 0 Å². The van der Waals surface area contributed by atoms with Crippen LogP contribution in [0.2, 0.25) is 0 Å². The van der Waals surface area contributed by atoms with Crippen LogP contribution in [0.4, 0.5) is 0 Å². The number of rotatable bonds is 5. The molecule has 1 aliphatic heterocycles. The summed E-state index contributed by atoms with van der Waals surface area (Å²) in [5.41, 5.74) is 5.75. The van der Waals surface area contributed by atoms with Crippen LogP contribution in [0.15, 0.2) is 0 Å². The minimum Gasteiger partial charge on any atom is -0.391 e. The van der Waals surface area contributed by atoms with Crippen molar-refractivity contribution in [3.8, 4) is 0 Å². The van der Waals surface area contributed by atoms with Gasteiger partial charge in [0.25, 0.3) is 0 Å². The van der Waals surface area contributed by atoms with Crippen LogP contribution in [0, 0.1) is 0 Å². The number of carbonyl (C=O) groups is 1. The van der Waals surface area contributed by atoms with Gasteiger partial charge in [-0.2, -0.15) is 0 Å². The Hall–Kier alpha value is -0.650. The Morgan fingerprint density at radius 2 is 2.47 bits per heavy atom. The van der Waals surface area contributed by atoms with Gasteiger partial charge >= 0.3 is 0 Å². The zero-order valence-corrected chi connectivity index (χ0v) is 9.19. The van der Waals surface area contributed by atoms with Crippen molar-refractivity contribution in [2.45, 2.75) is 31.4 Å². The van der Waals surface area contributed by atoms with E-state index in [1.165, 1.54) is 0 Å². The molecule has 15 heavy (non-hydrogen) atoms. The highest BCUT2D eigenvalue weighted by atomic mass is 16.5. The molecular weight excluding hydrogens is 196 g/mol. The third-order valence-corrected chi connectivity index (χ3v) is 2.66. The van der Waals surface area contributed by atoms with Gasteiger partial charge in [0, 0.05) is 26.8 Å². The van der Waals surface area contributed by atoms with Gasteiger partial charge in [0.2, 0.25) is 5.91 Å². The summed E-state index contributed by atoms with van der Waals surface area (Å²) in [5.74, 6) is -0.0531. The molecule has 1 amide bonds. The van der Waals surface area contributed by atoms with Crippen LogP contribution in [-0.2, 0) is 9.53 Å². The van der Waals surface area contributed by atoms with Gasteiger partial charge in [0.05, 0.1) is 12.1 Å². The van der Waals surface area contributed by atoms with E-state index in [1.54, 1.807) is 12.0 Å². The Morgan fingerprint density at radius 1 is 1.73 bits per heavy atom. The number of carbonyl (C=O) groups excluding carboxylic acids is 1. The number of ether oxygens (including phenoxy) is 1. The van der Waals surface area contributed by atoms with Gasteiger partial charge in [-0.1, -0.05) is 0 Å². The Balaban J connectivity index is 2.26. The molecule has 88 valence electrons. The number of amides is 1. The lowest BCUT2D eigenvalue weighted by atomic mass is 10.1. The normalized spacial score (nSPS) is 23.1. The summed E-state index contributed by atoms with van der Waals surface area (Å²) < 4.78 is 4.89. The first-order valence-electron chi connectivity index (χ1n) is 5.36. The molecule has 5 heteroatoms. The highest BCUT2D eigenvalue weighted by Crippen LogP contribution is 2.11. The van der Waals surface area contributed by atoms with Crippen molar-refractivity contribution in [1.29, 1.82) is 0 Å². The van der Waals surface area contributed by atoms with Crippen LogP contribution >= 0.6 is 0 Å². The number of likely N-dealkylation sites (tertiary alicyclic amines) is 1. The predicted octanol–water partition coefficient (Wildman–Crippen LogP) is -0.666. The molecule has 0 aromatic carbocycles. The maximum absolute atomic E-state index is 11.7. The molecule has 0 aromatic rings. The largest absolute Gasteiger partial charge is 0.391 e. The number of nitrogens with zero attached hydrogens (tertiary/aromatic N) is 1. The fraction of sp³-hybridized carbons (Fsp3) is 0.900. The molecule has 0 radical (unpaired) electrons. The monoisotopic (exact) mass is 216 g/mol. The van der Waals surface area contributed by atoms with Crippen molar-refractivity contribution in [3.63, 3.8) is 0 Å². The van der Waals surface area contributed by atoms with E-state index in [4.69, 9.17) is 10.5 Å². The highest BCUT2D eigenvalue weighted by Gasteiger charge is 2.27. The summed E-state index contributed by atoms with van der Waals surface area (Å²) in [6.45, 7) is 1.68. The lowest BCUT2D eigenvalue weighted by molar-refractivity contribution is -0.132. The lowest BCUT2D eigenvalue weighted by Crippen LogP contribution is -2.43. The van der Waals surface area contributed by atoms with Crippen molar-refractivity contribution in [3.05, 3.63) is 0 Å². The standard InChI is InChI=1S/C10H20N2O3/c1-15-6-2-3-9(11)10(14)12-5-4-8(13)7-12/h8-9,13H,2-7,11H2,1H3. The SMILES string of the molecule is COCCCC(N)C(=O)N1CCC(O)C1. The first-order chi connectivity index (χ1) is 7.15. The average molecular weight is 216 g/mol. The van der Waals surface area contributed by atoms with Crippen LogP contribution in [-0.4, -0.2) is 54.9 Å². The summed E-state index contributed by atoms with van der Waals surface area (Å²) in [4.78, 5) is 13.4. The minimum absolute atomic E-state index is 0.0531. The second-order valence-electron chi connectivity index (χ2n) is 3.97. The van der Waals surface area contributed by atoms with E-state index >= 15 is 0 Å². The summed E-state index contributed by atoms with van der Waals surface area (Å²) in [7, 11) is 1.63. The van der Waals surface area contributed by atoms with Crippen molar-refractivity contribution >= 4 is 5.91 Å². The van der Waals surface area contributed by atoms with E-state index in [9.17, 15) is 9.90 Å². The molecular formula is C10H20N2O3. The third kappa shape index (κ3) is 3.77. The molecule has 0 aliphatic carbocycles. The summed E-state index contributed by atoms with van der Waals surface area (Å²) >= 11 is 0. The molecule has 3 N–H and O–H groups in total. The molecule has 1 rings (SSSR count). The second kappa shape index (κ2) is 6.05. The second-order valence-corrected chi connectivity index (χ2v) is 3.97. The summed E-state index contributed by atoms with van der Waals surface area (Å²) in [6, 6.07) is -0.453. The molecule has 1 fully saturated rings. The Labute approximate surface area is 90.2 Å². The number of β-amino-alcohol motifs (C(OH)–C–C–N with tert-alkyl or cyclic N) is 1. The van der Waals surface area contributed by atoms with E-state index in [-0.39, 0.29) is 12.0 Å². The molecule has 2 atom stereocenters. The van der Waals surface area contributed by atoms with Crippen molar-refractivity contribution < 1.29 is 14.6 Å². The van der Waals surface area contributed by atoms with E-state index < -0.39 is 6.04 Å². The fourth-order valence-electron chi connectivity index (χ4n) is 1.75. The molecule has 0 aromatic heterocycles. The van der Waals surface area contributed by atoms with E-state index in [0.717, 1.165) is 6.42 Å². The van der Waals surface area contributed by atoms with Gasteiger partial charge in [0.15, 0.2) is 0 Å². The Bertz CT molecular complexity index is 211. The zero-order valence-electron chi connectivity index (χ0n) is 9.19. The molecule has 5 nitrogen and oxygen atoms in total. The first kappa shape index (κ1) is 12.4. The maximum Gasteiger partial charge on any atom is 0.239 e. The van der Waals surface area contributed by atoms with Gasteiger partial charge in [-0.15, -0.1) is 0 Å². The smallest absolute Gasteiger partial charge is 0.239 e. The number of aliphatic hydroxyl groups is 1. The third-order valence-electron chi connectivity index (χ3n) is 2.66. The number of hydrogen-bond acceptors (Lipinski definition) is 4. The summed E-state index contributed by atoms with van der Waals surface area (Å²) in [5, 5.41) is 9.29. The van der Waals surface area contributed by atoms with Crippen LogP contribution < -0.4 is 5.73 Å². The van der Waals surface area contributed by atoms with Gasteiger partial charge in [-0.05, 0) is 19.3 Å². The van der Waals surface area contributed by atoms with Crippen LogP contribution in [0.25, 0.3) is 0 Å². The quantitative estimate of drug-likeness (QED) is 0.598. The Kier molecular flexibility index (Phi) is 5.01. The fourth-order valence-corrected chi connectivity index (χ4v) is 1.75. The minimum atomic E-state index is -0.453. The Morgan fingerprint density at radius 3 is 3.00 bits per heavy atom. The molecule has 0 spiro atoms. The van der Waals surface area contributed by atoms with Gasteiger partial charge in [-0.25, -0.2) is 0 Å². The number of nitrogens with two attached hydrogens (primary N) is 1. The number of methoxy groups -OCH3 is 1. The molecule has 1 heterocycles. The van der Waals surface area contributed by atoms with Crippen LogP contribution in [0.1, 0.15) is 19.3 Å². The van der Waals surface area contributed by atoms with Crippen molar-refractivity contribution in [1.82, 2.24) is 4.90 Å². The van der Waals surface area contributed by atoms with E-state index in [0.29, 0.717) is 32.5 Å². The molecule has 1 saturated heterocycles. The maximum atomic E-state index is 11.7. The predicted molar refractivity (Wildman–Crippen MR) is 56.3 cm³/mol. The molecule has 0 bridgehead atoms. The molecule has 2 unspecified atom stereocenters. The average Bonchev–Trinajstić information content (AvgIpc) is 2.64. The first-order valence-corrected chi connectivity index (χ1v) is 5.36. The number of hydrogen-bond donors (Lipinski definition) is 2. The van der Waals surface area contributed by atoms with Crippen LogP contribution in [0.3, 0.4) is 0 Å². The number of aliphatic hydroxyl groups excluding tert-OH is 1. The summed E-state index contributed by atoms with van der Waals surface area (Å²) in [6.07, 6.45) is 1.72. The van der Waals surface area contributed by atoms with Gasteiger partial charge < -0.3 is 20.5 Å². The molecule has 1 aliphatic rings. The van der Waals surface area contributed by atoms with Gasteiger partial charge in [-0.3, -0.25) is 4.79 Å². The van der Waals surface area contributed by atoms with E-state index in [2.05, 4.69) is 0 Å². The van der Waals surface area contributed by atoms with Crippen molar-refractivity contribution in [2.75, 3.05) is 26.8 Å². The van der Waals surface area contributed by atoms with E-state index in [1.807, 2.05) is 0 Å². The highest BCUT2D eigenvalue weighted by molar-refractivity contribution is 5.81.